The molecule has 116 valence electrons. The third-order valence-electron chi connectivity index (χ3n) is 3.37. The molecule has 0 bridgehead atoms. The van der Waals surface area contributed by atoms with E-state index in [0.29, 0.717) is 17.3 Å². The highest BCUT2D eigenvalue weighted by Gasteiger charge is 2.11. The first kappa shape index (κ1) is 14.9. The lowest BCUT2D eigenvalue weighted by Crippen LogP contribution is -2.15. The zero-order chi connectivity index (χ0) is 16.1. The van der Waals surface area contributed by atoms with Crippen LogP contribution in [0.15, 0.2) is 48.7 Å². The van der Waals surface area contributed by atoms with Crippen molar-refractivity contribution >= 4 is 11.6 Å². The van der Waals surface area contributed by atoms with E-state index in [1.807, 2.05) is 42.5 Å². The van der Waals surface area contributed by atoms with Crippen LogP contribution in [0.1, 0.15) is 18.3 Å². The van der Waals surface area contributed by atoms with E-state index in [1.165, 1.54) is 5.56 Å². The van der Waals surface area contributed by atoms with Crippen LogP contribution in [-0.4, -0.2) is 26.1 Å². The standard InChI is InChI=1S/C17H17N5O/c1-2-12-6-5-7-13(10-12)19-16(23)11-15-20-17(22-21-15)14-8-3-4-9-18-14/h3-10H,2,11H2,1H3,(H,19,23)(H,20,21,22). The Labute approximate surface area is 134 Å². The first-order valence-electron chi connectivity index (χ1n) is 7.46. The monoisotopic (exact) mass is 307 g/mol. The topological polar surface area (TPSA) is 83.6 Å². The van der Waals surface area contributed by atoms with Gasteiger partial charge in [-0.3, -0.25) is 14.9 Å². The van der Waals surface area contributed by atoms with E-state index >= 15 is 0 Å². The van der Waals surface area contributed by atoms with Crippen molar-refractivity contribution in [1.82, 2.24) is 20.2 Å². The lowest BCUT2D eigenvalue weighted by molar-refractivity contribution is -0.115. The van der Waals surface area contributed by atoms with Crippen LogP contribution in [0.4, 0.5) is 5.69 Å². The fourth-order valence-electron chi connectivity index (χ4n) is 2.21. The molecule has 0 saturated carbocycles. The smallest absolute Gasteiger partial charge is 0.232 e. The van der Waals surface area contributed by atoms with Crippen molar-refractivity contribution in [2.75, 3.05) is 5.32 Å². The third kappa shape index (κ3) is 3.79. The molecular formula is C17H17N5O. The number of amides is 1. The maximum absolute atomic E-state index is 12.1. The van der Waals surface area contributed by atoms with Gasteiger partial charge in [-0.2, -0.15) is 5.10 Å². The number of hydrogen-bond acceptors (Lipinski definition) is 4. The van der Waals surface area contributed by atoms with Gasteiger partial charge in [-0.25, -0.2) is 4.98 Å². The third-order valence-corrected chi connectivity index (χ3v) is 3.37. The van der Waals surface area contributed by atoms with Gasteiger partial charge in [-0.1, -0.05) is 25.1 Å². The minimum atomic E-state index is -0.137. The van der Waals surface area contributed by atoms with Crippen molar-refractivity contribution in [3.05, 3.63) is 60.0 Å². The lowest BCUT2D eigenvalue weighted by Gasteiger charge is -2.05. The summed E-state index contributed by atoms with van der Waals surface area (Å²) >= 11 is 0. The molecule has 0 fully saturated rings. The number of benzene rings is 1. The van der Waals surface area contributed by atoms with Crippen LogP contribution in [0.25, 0.3) is 11.5 Å². The summed E-state index contributed by atoms with van der Waals surface area (Å²) in [6, 6.07) is 13.3. The Balaban J connectivity index is 1.65. The van der Waals surface area contributed by atoms with Crippen LogP contribution in [0.2, 0.25) is 0 Å². The van der Waals surface area contributed by atoms with E-state index < -0.39 is 0 Å². The van der Waals surface area contributed by atoms with E-state index in [9.17, 15) is 4.79 Å². The van der Waals surface area contributed by atoms with Crippen LogP contribution < -0.4 is 5.32 Å². The second-order valence-corrected chi connectivity index (χ2v) is 5.10. The minimum Gasteiger partial charge on any atom is -0.326 e. The van der Waals surface area contributed by atoms with Crippen molar-refractivity contribution in [3.63, 3.8) is 0 Å². The number of nitrogens with zero attached hydrogens (tertiary/aromatic N) is 3. The lowest BCUT2D eigenvalue weighted by atomic mass is 10.1. The molecule has 0 aliphatic heterocycles. The number of aryl methyl sites for hydroxylation is 1. The second-order valence-electron chi connectivity index (χ2n) is 5.10. The van der Waals surface area contributed by atoms with E-state index in [4.69, 9.17) is 0 Å². The summed E-state index contributed by atoms with van der Waals surface area (Å²) in [5, 5.41) is 9.75. The summed E-state index contributed by atoms with van der Waals surface area (Å²) in [5.41, 5.74) is 2.64. The Morgan fingerprint density at radius 3 is 2.91 bits per heavy atom. The molecule has 1 amide bonds. The fraction of sp³-hybridized carbons (Fsp3) is 0.176. The summed E-state index contributed by atoms with van der Waals surface area (Å²) in [6.45, 7) is 2.08. The Hall–Kier alpha value is -3.02. The molecule has 0 spiro atoms. The van der Waals surface area contributed by atoms with Crippen LogP contribution in [-0.2, 0) is 17.6 Å². The summed E-state index contributed by atoms with van der Waals surface area (Å²) in [4.78, 5) is 20.6. The SMILES string of the molecule is CCc1cccc(NC(=O)Cc2nc(-c3ccccn3)n[nH]2)c1. The minimum absolute atomic E-state index is 0.135. The van der Waals surface area contributed by atoms with Crippen LogP contribution in [0.5, 0.6) is 0 Å². The van der Waals surface area contributed by atoms with Gasteiger partial charge in [0.15, 0.2) is 5.82 Å². The highest BCUT2D eigenvalue weighted by Crippen LogP contribution is 2.13. The molecule has 2 N–H and O–H groups in total. The molecule has 2 aromatic heterocycles. The number of carbonyl (C=O) groups is 1. The average molecular weight is 307 g/mol. The molecule has 3 rings (SSSR count). The molecule has 2 heterocycles. The van der Waals surface area contributed by atoms with Crippen LogP contribution in [0, 0.1) is 0 Å². The van der Waals surface area contributed by atoms with Crippen molar-refractivity contribution in [2.45, 2.75) is 19.8 Å². The molecule has 0 atom stereocenters. The van der Waals surface area contributed by atoms with Gasteiger partial charge in [-0.15, -0.1) is 0 Å². The molecule has 0 radical (unpaired) electrons. The van der Waals surface area contributed by atoms with E-state index in [1.54, 1.807) is 6.20 Å². The first-order valence-corrected chi connectivity index (χ1v) is 7.46. The van der Waals surface area contributed by atoms with Crippen molar-refractivity contribution in [3.8, 4) is 11.5 Å². The first-order chi connectivity index (χ1) is 11.2. The number of H-pyrrole nitrogens is 1. The van der Waals surface area contributed by atoms with Crippen molar-refractivity contribution in [2.24, 2.45) is 0 Å². The number of nitrogens with one attached hydrogen (secondary N) is 2. The van der Waals surface area contributed by atoms with Gasteiger partial charge >= 0.3 is 0 Å². The number of rotatable bonds is 5. The summed E-state index contributed by atoms with van der Waals surface area (Å²) < 4.78 is 0. The number of aromatic nitrogens is 4. The Kier molecular flexibility index (Phi) is 4.42. The molecule has 23 heavy (non-hydrogen) atoms. The van der Waals surface area contributed by atoms with Gasteiger partial charge in [-0.05, 0) is 36.2 Å². The van der Waals surface area contributed by atoms with Crippen molar-refractivity contribution < 1.29 is 4.79 Å². The molecule has 0 aliphatic rings. The number of aromatic amines is 1. The highest BCUT2D eigenvalue weighted by molar-refractivity contribution is 5.91. The van der Waals surface area contributed by atoms with E-state index in [-0.39, 0.29) is 12.3 Å². The van der Waals surface area contributed by atoms with Gasteiger partial charge in [0.2, 0.25) is 5.91 Å². The van der Waals surface area contributed by atoms with Gasteiger partial charge in [0.05, 0.1) is 6.42 Å². The largest absolute Gasteiger partial charge is 0.326 e. The van der Waals surface area contributed by atoms with Gasteiger partial charge in [0, 0.05) is 11.9 Å². The highest BCUT2D eigenvalue weighted by atomic mass is 16.1. The second kappa shape index (κ2) is 6.83. The summed E-state index contributed by atoms with van der Waals surface area (Å²) in [7, 11) is 0. The molecule has 3 aromatic rings. The Bertz CT molecular complexity index is 798. The molecule has 0 aliphatic carbocycles. The van der Waals surface area contributed by atoms with Gasteiger partial charge in [0.1, 0.15) is 11.5 Å². The molecule has 0 saturated heterocycles. The summed E-state index contributed by atoms with van der Waals surface area (Å²) in [5.74, 6) is 0.859. The predicted octanol–water partition coefficient (Wildman–Crippen LogP) is 2.61. The number of anilines is 1. The number of carbonyl (C=O) groups excluding carboxylic acids is 1. The molecular weight excluding hydrogens is 290 g/mol. The van der Waals surface area contributed by atoms with Crippen molar-refractivity contribution in [1.29, 1.82) is 0 Å². The molecule has 0 unspecified atom stereocenters. The summed E-state index contributed by atoms with van der Waals surface area (Å²) in [6.07, 6.45) is 2.74. The maximum atomic E-state index is 12.1. The quantitative estimate of drug-likeness (QED) is 0.759. The van der Waals surface area contributed by atoms with Gasteiger partial charge < -0.3 is 5.32 Å². The maximum Gasteiger partial charge on any atom is 0.232 e. The van der Waals surface area contributed by atoms with E-state index in [2.05, 4.69) is 32.4 Å². The number of hydrogen-bond donors (Lipinski definition) is 2. The zero-order valence-electron chi connectivity index (χ0n) is 12.8. The Morgan fingerprint density at radius 2 is 2.13 bits per heavy atom. The van der Waals surface area contributed by atoms with Crippen LogP contribution in [0.3, 0.4) is 0 Å². The van der Waals surface area contributed by atoms with Crippen LogP contribution >= 0.6 is 0 Å². The number of pyridine rings is 1. The normalized spacial score (nSPS) is 10.5. The average Bonchev–Trinajstić information content (AvgIpc) is 3.04. The fourth-order valence-corrected chi connectivity index (χ4v) is 2.21. The Morgan fingerprint density at radius 1 is 1.22 bits per heavy atom. The molecule has 6 nitrogen and oxygen atoms in total. The molecule has 1 aromatic carbocycles. The van der Waals surface area contributed by atoms with E-state index in [0.717, 1.165) is 12.1 Å². The van der Waals surface area contributed by atoms with Gasteiger partial charge in [0.25, 0.3) is 0 Å². The molecule has 6 heteroatoms. The predicted molar refractivity (Wildman–Crippen MR) is 87.8 cm³/mol. The zero-order valence-corrected chi connectivity index (χ0v) is 12.8.